The SMILES string of the molecule is CCCCCNC(=O)C1COC(C(CCCC=Cc2cccnc2)(C(=O)O)c2ccccc2)=N1. The van der Waals surface area contributed by atoms with Gasteiger partial charge < -0.3 is 15.2 Å². The van der Waals surface area contributed by atoms with Crippen LogP contribution in [0.1, 0.15) is 56.6 Å². The third kappa shape index (κ3) is 6.31. The first-order valence-corrected chi connectivity index (χ1v) is 11.9. The van der Waals surface area contributed by atoms with Crippen LogP contribution in [0, 0.1) is 0 Å². The van der Waals surface area contributed by atoms with E-state index >= 15 is 0 Å². The summed E-state index contributed by atoms with van der Waals surface area (Å²) in [6, 6.07) is 12.1. The van der Waals surface area contributed by atoms with E-state index in [4.69, 9.17) is 4.74 Å². The van der Waals surface area contributed by atoms with E-state index in [2.05, 4.69) is 22.2 Å². The van der Waals surface area contributed by atoms with E-state index in [9.17, 15) is 14.7 Å². The van der Waals surface area contributed by atoms with Crippen LogP contribution in [-0.4, -0.2) is 47.1 Å². The molecular weight excluding hydrogens is 430 g/mol. The fourth-order valence-corrected chi connectivity index (χ4v) is 4.04. The molecule has 3 rings (SSSR count). The molecule has 2 aromatic rings. The number of ether oxygens (including phenoxy) is 1. The Morgan fingerprint density at radius 3 is 2.71 bits per heavy atom. The summed E-state index contributed by atoms with van der Waals surface area (Å²) >= 11 is 0. The Kier molecular flexibility index (Phi) is 9.38. The Morgan fingerprint density at radius 1 is 1.18 bits per heavy atom. The van der Waals surface area contributed by atoms with Crippen molar-refractivity contribution in [2.45, 2.75) is 56.9 Å². The highest BCUT2D eigenvalue weighted by Gasteiger charge is 2.49. The second-order valence-corrected chi connectivity index (χ2v) is 8.42. The molecule has 1 aromatic heterocycles. The van der Waals surface area contributed by atoms with Crippen LogP contribution < -0.4 is 5.32 Å². The lowest BCUT2D eigenvalue weighted by Crippen LogP contribution is -2.44. The zero-order valence-electron chi connectivity index (χ0n) is 19.7. The van der Waals surface area contributed by atoms with Gasteiger partial charge in [0.05, 0.1) is 0 Å². The van der Waals surface area contributed by atoms with Crippen LogP contribution in [0.15, 0.2) is 65.9 Å². The predicted octanol–water partition coefficient (Wildman–Crippen LogP) is 4.39. The fraction of sp³-hybridized carbons (Fsp3) is 0.407. The number of nitrogens with zero attached hydrogens (tertiary/aromatic N) is 2. The summed E-state index contributed by atoms with van der Waals surface area (Å²) in [5.74, 6) is -1.15. The van der Waals surface area contributed by atoms with E-state index in [-0.39, 0.29) is 18.4 Å². The summed E-state index contributed by atoms with van der Waals surface area (Å²) in [4.78, 5) is 33.9. The van der Waals surface area contributed by atoms with Crippen LogP contribution in [-0.2, 0) is 19.7 Å². The average Bonchev–Trinajstić information content (AvgIpc) is 3.36. The van der Waals surface area contributed by atoms with Gasteiger partial charge in [-0.15, -0.1) is 0 Å². The van der Waals surface area contributed by atoms with Crippen LogP contribution in [0.5, 0.6) is 0 Å². The van der Waals surface area contributed by atoms with Crippen LogP contribution >= 0.6 is 0 Å². The van der Waals surface area contributed by atoms with Crippen molar-refractivity contribution in [3.8, 4) is 0 Å². The zero-order chi connectivity index (χ0) is 24.2. The molecule has 2 atom stereocenters. The molecule has 2 heterocycles. The van der Waals surface area contributed by atoms with Gasteiger partial charge in [-0.05, 0) is 42.9 Å². The third-order valence-corrected chi connectivity index (χ3v) is 5.95. The molecule has 1 amide bonds. The molecule has 7 nitrogen and oxygen atoms in total. The lowest BCUT2D eigenvalue weighted by atomic mass is 9.76. The largest absolute Gasteiger partial charge is 0.480 e. The van der Waals surface area contributed by atoms with Gasteiger partial charge in [0.15, 0.2) is 11.5 Å². The Morgan fingerprint density at radius 2 is 2.00 bits per heavy atom. The second-order valence-electron chi connectivity index (χ2n) is 8.42. The lowest BCUT2D eigenvalue weighted by Gasteiger charge is -2.29. The molecule has 0 saturated heterocycles. The van der Waals surface area contributed by atoms with Crippen molar-refractivity contribution in [2.75, 3.05) is 13.2 Å². The summed E-state index contributed by atoms with van der Waals surface area (Å²) < 4.78 is 5.80. The normalized spacial score (nSPS) is 17.1. The first-order valence-electron chi connectivity index (χ1n) is 11.9. The Balaban J connectivity index is 1.76. The zero-order valence-corrected chi connectivity index (χ0v) is 19.7. The fourth-order valence-electron chi connectivity index (χ4n) is 4.04. The number of pyridine rings is 1. The minimum absolute atomic E-state index is 0.0533. The van der Waals surface area contributed by atoms with Gasteiger partial charge in [0.25, 0.3) is 0 Å². The van der Waals surface area contributed by atoms with Crippen LogP contribution in [0.2, 0.25) is 0 Å². The molecule has 1 aliphatic rings. The number of unbranched alkanes of at least 4 members (excludes halogenated alkanes) is 3. The summed E-state index contributed by atoms with van der Waals surface area (Å²) in [5.41, 5.74) is 0.147. The lowest BCUT2D eigenvalue weighted by molar-refractivity contribution is -0.141. The highest BCUT2D eigenvalue weighted by Crippen LogP contribution is 2.35. The minimum Gasteiger partial charge on any atom is -0.480 e. The predicted molar refractivity (Wildman–Crippen MR) is 133 cm³/mol. The highest BCUT2D eigenvalue weighted by molar-refractivity contribution is 6.09. The molecule has 180 valence electrons. The molecule has 0 bridgehead atoms. The Labute approximate surface area is 201 Å². The standard InChI is InChI=1S/C27H33N3O4/c1-2-3-10-18-29-24(31)23-20-34-25(30-23)27(26(32)33,22-14-7-4-8-15-22)16-9-5-6-12-21-13-11-17-28-19-21/h4,6-8,11-15,17,19,23H,2-3,5,9-10,16,18,20H2,1H3,(H,29,31)(H,32,33). The van der Waals surface area contributed by atoms with Crippen LogP contribution in [0.3, 0.4) is 0 Å². The number of carboxylic acid groups (broad SMARTS) is 1. The van der Waals surface area contributed by atoms with E-state index < -0.39 is 17.4 Å². The van der Waals surface area contributed by atoms with Gasteiger partial charge in [-0.3, -0.25) is 14.6 Å². The van der Waals surface area contributed by atoms with Gasteiger partial charge in [0.1, 0.15) is 6.61 Å². The number of hydrogen-bond donors (Lipinski definition) is 2. The molecular formula is C27H33N3O4. The third-order valence-electron chi connectivity index (χ3n) is 5.95. The topological polar surface area (TPSA) is 101 Å². The number of amides is 1. The number of hydrogen-bond acceptors (Lipinski definition) is 5. The van der Waals surface area contributed by atoms with Crippen molar-refractivity contribution in [3.63, 3.8) is 0 Å². The van der Waals surface area contributed by atoms with E-state index in [0.29, 0.717) is 31.4 Å². The first-order chi connectivity index (χ1) is 16.6. The van der Waals surface area contributed by atoms with E-state index in [1.165, 1.54) is 0 Å². The van der Waals surface area contributed by atoms with Gasteiger partial charge in [-0.1, -0.05) is 68.3 Å². The number of aromatic nitrogens is 1. The quantitative estimate of drug-likeness (QED) is 0.429. The average molecular weight is 464 g/mol. The number of nitrogens with one attached hydrogen (secondary N) is 1. The van der Waals surface area contributed by atoms with Crippen LogP contribution in [0.4, 0.5) is 0 Å². The number of carbonyl (C=O) groups is 2. The number of aliphatic imine (C=N–C) groups is 1. The van der Waals surface area contributed by atoms with Gasteiger partial charge in [-0.2, -0.15) is 0 Å². The van der Waals surface area contributed by atoms with Crippen molar-refractivity contribution < 1.29 is 19.4 Å². The molecule has 1 aliphatic heterocycles. The van der Waals surface area contributed by atoms with Gasteiger partial charge in [-0.25, -0.2) is 4.99 Å². The van der Waals surface area contributed by atoms with E-state index in [1.807, 2.05) is 42.5 Å². The number of rotatable bonds is 13. The molecule has 34 heavy (non-hydrogen) atoms. The molecule has 2 unspecified atom stereocenters. The second kappa shape index (κ2) is 12.7. The summed E-state index contributed by atoms with van der Waals surface area (Å²) in [5, 5.41) is 13.3. The molecule has 7 heteroatoms. The van der Waals surface area contributed by atoms with Crippen molar-refractivity contribution in [1.82, 2.24) is 10.3 Å². The first kappa shape index (κ1) is 25.1. The van der Waals surface area contributed by atoms with Gasteiger partial charge in [0.2, 0.25) is 11.8 Å². The molecule has 1 aromatic carbocycles. The molecule has 0 saturated carbocycles. The minimum atomic E-state index is -1.44. The van der Waals surface area contributed by atoms with Crippen molar-refractivity contribution in [2.24, 2.45) is 4.99 Å². The maximum absolute atomic E-state index is 12.7. The molecule has 0 radical (unpaired) electrons. The maximum atomic E-state index is 12.7. The van der Waals surface area contributed by atoms with Gasteiger partial charge in [0, 0.05) is 18.9 Å². The number of carboxylic acids is 1. The summed E-state index contributed by atoms with van der Waals surface area (Å²) in [6.45, 7) is 2.74. The smallest absolute Gasteiger partial charge is 0.323 e. The van der Waals surface area contributed by atoms with E-state index in [0.717, 1.165) is 24.8 Å². The highest BCUT2D eigenvalue weighted by atomic mass is 16.5. The molecule has 0 spiro atoms. The van der Waals surface area contributed by atoms with Gasteiger partial charge >= 0.3 is 5.97 Å². The number of allylic oxidation sites excluding steroid dienone is 1. The summed E-state index contributed by atoms with van der Waals surface area (Å²) in [6.07, 6.45) is 12.1. The van der Waals surface area contributed by atoms with Crippen LogP contribution in [0.25, 0.3) is 6.08 Å². The Hall–Kier alpha value is -3.48. The van der Waals surface area contributed by atoms with Crippen molar-refractivity contribution in [3.05, 3.63) is 72.1 Å². The number of aliphatic carboxylic acids is 1. The Bertz CT molecular complexity index is 991. The number of benzene rings is 1. The van der Waals surface area contributed by atoms with Crippen molar-refractivity contribution >= 4 is 23.9 Å². The monoisotopic (exact) mass is 463 g/mol. The molecule has 2 N–H and O–H groups in total. The van der Waals surface area contributed by atoms with Crippen molar-refractivity contribution in [1.29, 1.82) is 0 Å². The van der Waals surface area contributed by atoms with E-state index in [1.54, 1.807) is 24.5 Å². The molecule has 0 aliphatic carbocycles. The summed E-state index contributed by atoms with van der Waals surface area (Å²) in [7, 11) is 0. The maximum Gasteiger partial charge on any atom is 0.323 e. The molecule has 0 fully saturated rings. The number of carbonyl (C=O) groups excluding carboxylic acids is 1.